The average molecular weight is 267 g/mol. The van der Waals surface area contributed by atoms with E-state index in [2.05, 4.69) is 47.9 Å². The lowest BCUT2D eigenvalue weighted by molar-refractivity contribution is 0.550. The van der Waals surface area contributed by atoms with Crippen molar-refractivity contribution in [3.8, 4) is 0 Å². The summed E-state index contributed by atoms with van der Waals surface area (Å²) in [5.41, 5.74) is 7.31. The van der Waals surface area contributed by atoms with Gasteiger partial charge in [-0.1, -0.05) is 31.3 Å². The van der Waals surface area contributed by atoms with Crippen LogP contribution in [0.15, 0.2) is 17.5 Å². The number of aromatic nitrogens is 2. The average Bonchev–Trinajstić information content (AvgIpc) is 2.85. The van der Waals surface area contributed by atoms with Crippen LogP contribution in [0, 0.1) is 0 Å². The summed E-state index contributed by atoms with van der Waals surface area (Å²) in [5, 5.41) is 6.31. The van der Waals surface area contributed by atoms with Crippen LogP contribution in [-0.4, -0.2) is 9.59 Å². The second-order valence-corrected chi connectivity index (χ2v) is 6.94. The third kappa shape index (κ3) is 2.91. The zero-order chi connectivity index (χ0) is 12.5. The molecule has 0 amide bonds. The Balaban J connectivity index is 2.20. The van der Waals surface area contributed by atoms with Crippen molar-refractivity contribution >= 4 is 22.9 Å². The van der Waals surface area contributed by atoms with Crippen LogP contribution in [0.5, 0.6) is 0 Å². The minimum absolute atomic E-state index is 0.00266. The Morgan fingerprint density at radius 3 is 2.76 bits per heavy atom. The molecule has 5 heteroatoms. The van der Waals surface area contributed by atoms with Crippen LogP contribution in [0.2, 0.25) is 0 Å². The Kier molecular flexibility index (Phi) is 3.61. The quantitative estimate of drug-likeness (QED) is 0.929. The number of thiophene rings is 1. The molecular weight excluding hydrogens is 250 g/mol. The molecule has 2 aromatic heterocycles. The molecule has 1 atom stereocenters. The van der Waals surface area contributed by atoms with Gasteiger partial charge < -0.3 is 5.73 Å². The van der Waals surface area contributed by atoms with Crippen molar-refractivity contribution in [2.75, 3.05) is 0 Å². The third-order valence-electron chi connectivity index (χ3n) is 2.56. The summed E-state index contributed by atoms with van der Waals surface area (Å²) >= 11 is 3.17. The fourth-order valence-corrected chi connectivity index (χ4v) is 3.33. The first-order chi connectivity index (χ1) is 7.98. The first-order valence-corrected chi connectivity index (χ1v) is 7.24. The Bertz CT molecular complexity index is 468. The SMILES string of the molecule is CC(C)(C)c1nnsc1C(N)Cc1cccs1. The molecule has 2 N–H and O–H groups in total. The predicted molar refractivity (Wildman–Crippen MR) is 73.6 cm³/mol. The molecule has 92 valence electrons. The molecule has 0 spiro atoms. The fourth-order valence-electron chi connectivity index (χ4n) is 1.70. The molecule has 17 heavy (non-hydrogen) atoms. The van der Waals surface area contributed by atoms with Crippen molar-refractivity contribution in [2.45, 2.75) is 38.6 Å². The van der Waals surface area contributed by atoms with Crippen LogP contribution in [0.25, 0.3) is 0 Å². The van der Waals surface area contributed by atoms with Gasteiger partial charge in [-0.05, 0) is 23.0 Å². The Morgan fingerprint density at radius 1 is 1.41 bits per heavy atom. The molecule has 0 saturated carbocycles. The summed E-state index contributed by atoms with van der Waals surface area (Å²) < 4.78 is 4.05. The summed E-state index contributed by atoms with van der Waals surface area (Å²) in [4.78, 5) is 2.43. The normalized spacial score (nSPS) is 13.9. The van der Waals surface area contributed by atoms with Gasteiger partial charge >= 0.3 is 0 Å². The second-order valence-electron chi connectivity index (χ2n) is 5.13. The summed E-state index contributed by atoms with van der Waals surface area (Å²) in [6.45, 7) is 6.43. The predicted octanol–water partition coefficient (Wildman–Crippen LogP) is 3.14. The van der Waals surface area contributed by atoms with Gasteiger partial charge in [-0.25, -0.2) is 0 Å². The first-order valence-electron chi connectivity index (χ1n) is 5.59. The van der Waals surface area contributed by atoms with Gasteiger partial charge in [0.25, 0.3) is 0 Å². The van der Waals surface area contributed by atoms with E-state index in [0.717, 1.165) is 17.0 Å². The van der Waals surface area contributed by atoms with Gasteiger partial charge in [0.1, 0.15) is 0 Å². The van der Waals surface area contributed by atoms with E-state index in [1.807, 2.05) is 0 Å². The van der Waals surface area contributed by atoms with Crippen molar-refractivity contribution in [3.05, 3.63) is 33.0 Å². The highest BCUT2D eigenvalue weighted by atomic mass is 32.1. The van der Waals surface area contributed by atoms with Gasteiger partial charge in [-0.3, -0.25) is 0 Å². The minimum atomic E-state index is 0.00266. The van der Waals surface area contributed by atoms with Crippen LogP contribution in [0.1, 0.15) is 42.3 Å². The lowest BCUT2D eigenvalue weighted by Gasteiger charge is -2.19. The number of nitrogens with zero attached hydrogens (tertiary/aromatic N) is 2. The summed E-state index contributed by atoms with van der Waals surface area (Å²) in [7, 11) is 0. The lowest BCUT2D eigenvalue weighted by atomic mass is 9.89. The van der Waals surface area contributed by atoms with Gasteiger partial charge in [0.2, 0.25) is 0 Å². The lowest BCUT2D eigenvalue weighted by Crippen LogP contribution is -2.20. The molecule has 0 aliphatic heterocycles. The molecule has 1 unspecified atom stereocenters. The Hall–Kier alpha value is -0.780. The maximum absolute atomic E-state index is 6.27. The highest BCUT2D eigenvalue weighted by Gasteiger charge is 2.25. The van der Waals surface area contributed by atoms with E-state index in [1.54, 1.807) is 11.3 Å². The van der Waals surface area contributed by atoms with Gasteiger partial charge in [0.05, 0.1) is 10.6 Å². The molecular formula is C12H17N3S2. The van der Waals surface area contributed by atoms with Gasteiger partial charge in [-0.2, -0.15) is 0 Å². The van der Waals surface area contributed by atoms with Crippen molar-refractivity contribution in [1.82, 2.24) is 9.59 Å². The van der Waals surface area contributed by atoms with Crippen LogP contribution < -0.4 is 5.73 Å². The van der Waals surface area contributed by atoms with Crippen LogP contribution in [0.3, 0.4) is 0 Å². The molecule has 0 saturated heterocycles. The van der Waals surface area contributed by atoms with Crippen molar-refractivity contribution in [1.29, 1.82) is 0 Å². The molecule has 0 bridgehead atoms. The van der Waals surface area contributed by atoms with E-state index < -0.39 is 0 Å². The molecule has 0 radical (unpaired) electrons. The van der Waals surface area contributed by atoms with Crippen molar-refractivity contribution in [2.24, 2.45) is 5.73 Å². The topological polar surface area (TPSA) is 51.8 Å². The van der Waals surface area contributed by atoms with Gasteiger partial charge in [0.15, 0.2) is 0 Å². The molecule has 0 fully saturated rings. The Morgan fingerprint density at radius 2 is 2.18 bits per heavy atom. The van der Waals surface area contributed by atoms with Crippen molar-refractivity contribution < 1.29 is 0 Å². The molecule has 0 aliphatic carbocycles. The van der Waals surface area contributed by atoms with E-state index in [9.17, 15) is 0 Å². The fraction of sp³-hybridized carbons (Fsp3) is 0.500. The highest BCUT2D eigenvalue weighted by Crippen LogP contribution is 2.31. The summed E-state index contributed by atoms with van der Waals surface area (Å²) in [6.07, 6.45) is 0.866. The van der Waals surface area contributed by atoms with Crippen molar-refractivity contribution in [3.63, 3.8) is 0 Å². The number of hydrogen-bond donors (Lipinski definition) is 1. The molecule has 2 rings (SSSR count). The molecule has 2 aromatic rings. The molecule has 0 aromatic carbocycles. The van der Waals surface area contributed by atoms with Gasteiger partial charge in [0, 0.05) is 22.8 Å². The molecule has 2 heterocycles. The van der Waals surface area contributed by atoms with E-state index in [1.165, 1.54) is 16.4 Å². The number of rotatable bonds is 3. The van der Waals surface area contributed by atoms with E-state index in [4.69, 9.17) is 5.73 Å². The molecule has 0 aliphatic rings. The molecule has 3 nitrogen and oxygen atoms in total. The minimum Gasteiger partial charge on any atom is -0.323 e. The second kappa shape index (κ2) is 4.84. The maximum Gasteiger partial charge on any atom is 0.0857 e. The monoisotopic (exact) mass is 267 g/mol. The number of nitrogens with two attached hydrogens (primary N) is 1. The summed E-state index contributed by atoms with van der Waals surface area (Å²) in [5.74, 6) is 0. The largest absolute Gasteiger partial charge is 0.323 e. The number of hydrogen-bond acceptors (Lipinski definition) is 5. The zero-order valence-corrected chi connectivity index (χ0v) is 11.9. The maximum atomic E-state index is 6.27. The smallest absolute Gasteiger partial charge is 0.0857 e. The first kappa shape index (κ1) is 12.7. The van der Waals surface area contributed by atoms with E-state index >= 15 is 0 Å². The standard InChI is InChI=1S/C12H17N3S2/c1-12(2,3)11-10(17-15-14-11)9(13)7-8-5-4-6-16-8/h4-6,9H,7,13H2,1-3H3. The zero-order valence-electron chi connectivity index (χ0n) is 10.3. The van der Waals surface area contributed by atoms with E-state index in [-0.39, 0.29) is 11.5 Å². The highest BCUT2D eigenvalue weighted by molar-refractivity contribution is 7.10. The Labute approximate surface area is 110 Å². The van der Waals surface area contributed by atoms with Crippen LogP contribution in [-0.2, 0) is 11.8 Å². The third-order valence-corrected chi connectivity index (χ3v) is 4.32. The van der Waals surface area contributed by atoms with E-state index in [0.29, 0.717) is 0 Å². The van der Waals surface area contributed by atoms with Crippen LogP contribution >= 0.6 is 22.9 Å². The van der Waals surface area contributed by atoms with Crippen LogP contribution in [0.4, 0.5) is 0 Å². The summed E-state index contributed by atoms with van der Waals surface area (Å²) in [6, 6.07) is 4.18. The van der Waals surface area contributed by atoms with Gasteiger partial charge in [-0.15, -0.1) is 16.4 Å².